The summed E-state index contributed by atoms with van der Waals surface area (Å²) in [7, 11) is 0. The first-order valence-electron chi connectivity index (χ1n) is 7.30. The number of carbonyl (C=O) groups excluding carboxylic acids is 1. The number of anilines is 1. The van der Waals surface area contributed by atoms with E-state index < -0.39 is 5.91 Å². The number of nitrogens with two attached hydrogens (primary N) is 1. The van der Waals surface area contributed by atoms with E-state index in [1.54, 1.807) is 6.07 Å². The summed E-state index contributed by atoms with van der Waals surface area (Å²) in [5, 5.41) is 15.0. The largest absolute Gasteiger partial charge is 0.365 e. The highest BCUT2D eigenvalue weighted by Crippen LogP contribution is 2.32. The van der Waals surface area contributed by atoms with Gasteiger partial charge in [-0.15, -0.1) is 0 Å². The molecule has 5 nitrogen and oxygen atoms in total. The van der Waals surface area contributed by atoms with Crippen LogP contribution in [0.25, 0.3) is 0 Å². The molecule has 0 aliphatic rings. The molecule has 0 unspecified atom stereocenters. The van der Waals surface area contributed by atoms with Gasteiger partial charge in [-0.05, 0) is 35.2 Å². The maximum Gasteiger partial charge on any atom is 0.260 e. The van der Waals surface area contributed by atoms with Crippen LogP contribution in [-0.4, -0.2) is 11.0 Å². The number of rotatable bonds is 4. The van der Waals surface area contributed by atoms with Crippen molar-refractivity contribution >= 4 is 28.9 Å². The second-order valence-corrected chi connectivity index (χ2v) is 6.48. The molecule has 122 valence electrons. The fraction of sp³-hybridized carbons (Fsp3) is 0.353. The SMILES string of the molecule is CCc1cccc(C(C)(C)C)c1NC(=S)N/C=C(/C#N)C(N)=O. The van der Waals surface area contributed by atoms with E-state index in [9.17, 15) is 4.79 Å². The summed E-state index contributed by atoms with van der Waals surface area (Å²) in [6.07, 6.45) is 2.07. The number of nitrogens with one attached hydrogen (secondary N) is 2. The summed E-state index contributed by atoms with van der Waals surface area (Å²) in [5.74, 6) is -0.799. The van der Waals surface area contributed by atoms with Crippen molar-refractivity contribution < 1.29 is 4.79 Å². The van der Waals surface area contributed by atoms with Crippen LogP contribution in [0.15, 0.2) is 30.0 Å². The zero-order valence-corrected chi connectivity index (χ0v) is 14.7. The van der Waals surface area contributed by atoms with Crippen LogP contribution in [-0.2, 0) is 16.6 Å². The molecule has 4 N–H and O–H groups in total. The number of carbonyl (C=O) groups is 1. The summed E-state index contributed by atoms with van der Waals surface area (Å²) in [6.45, 7) is 8.46. The van der Waals surface area contributed by atoms with Gasteiger partial charge in [0.25, 0.3) is 5.91 Å². The molecule has 0 spiro atoms. The first kappa shape index (κ1) is 18.7. The topological polar surface area (TPSA) is 90.9 Å². The minimum atomic E-state index is -0.799. The summed E-state index contributed by atoms with van der Waals surface area (Å²) >= 11 is 5.25. The zero-order chi connectivity index (χ0) is 17.6. The smallest absolute Gasteiger partial charge is 0.260 e. The minimum Gasteiger partial charge on any atom is -0.365 e. The van der Waals surface area contributed by atoms with Crippen LogP contribution in [0.2, 0.25) is 0 Å². The third-order valence-electron chi connectivity index (χ3n) is 3.31. The van der Waals surface area contributed by atoms with Crippen LogP contribution >= 0.6 is 12.2 Å². The molecule has 0 saturated heterocycles. The number of hydrogen-bond donors (Lipinski definition) is 3. The standard InChI is InChI=1S/C17H22N4OS/c1-5-11-7-6-8-13(17(2,3)4)14(11)21-16(23)20-10-12(9-18)15(19)22/h6-8,10H,5H2,1-4H3,(H2,19,22)(H2,20,21,23)/b12-10-. The highest BCUT2D eigenvalue weighted by molar-refractivity contribution is 7.80. The molecule has 0 aromatic heterocycles. The second-order valence-electron chi connectivity index (χ2n) is 6.08. The van der Waals surface area contributed by atoms with Crippen LogP contribution in [0, 0.1) is 11.3 Å². The Bertz CT molecular complexity index is 681. The van der Waals surface area contributed by atoms with Crippen LogP contribution in [0.5, 0.6) is 0 Å². The number of aryl methyl sites for hydroxylation is 1. The van der Waals surface area contributed by atoms with E-state index in [1.165, 1.54) is 6.20 Å². The van der Waals surface area contributed by atoms with Gasteiger partial charge in [0.2, 0.25) is 0 Å². The molecule has 1 aromatic rings. The third-order valence-corrected chi connectivity index (χ3v) is 3.53. The Morgan fingerprint density at radius 2 is 2.09 bits per heavy atom. The van der Waals surface area contributed by atoms with Crippen molar-refractivity contribution in [2.45, 2.75) is 39.5 Å². The predicted molar refractivity (Wildman–Crippen MR) is 96.8 cm³/mol. The lowest BCUT2D eigenvalue weighted by molar-refractivity contribution is -0.114. The maximum absolute atomic E-state index is 11.0. The van der Waals surface area contributed by atoms with Crippen LogP contribution in [0.4, 0.5) is 5.69 Å². The lowest BCUT2D eigenvalue weighted by atomic mass is 9.84. The van der Waals surface area contributed by atoms with E-state index >= 15 is 0 Å². The van der Waals surface area contributed by atoms with Gasteiger partial charge in [0.1, 0.15) is 11.6 Å². The number of primary amides is 1. The van der Waals surface area contributed by atoms with Crippen molar-refractivity contribution in [3.05, 3.63) is 41.1 Å². The van der Waals surface area contributed by atoms with Crippen LogP contribution in [0.1, 0.15) is 38.8 Å². The van der Waals surface area contributed by atoms with Gasteiger partial charge in [0, 0.05) is 11.9 Å². The van der Waals surface area contributed by atoms with E-state index in [0.717, 1.165) is 23.2 Å². The lowest BCUT2D eigenvalue weighted by Gasteiger charge is -2.25. The van der Waals surface area contributed by atoms with E-state index in [4.69, 9.17) is 23.2 Å². The molecule has 0 radical (unpaired) electrons. The normalized spacial score (nSPS) is 11.5. The molecule has 6 heteroatoms. The molecule has 23 heavy (non-hydrogen) atoms. The van der Waals surface area contributed by atoms with Crippen molar-refractivity contribution in [1.29, 1.82) is 5.26 Å². The van der Waals surface area contributed by atoms with Crippen molar-refractivity contribution in [3.63, 3.8) is 0 Å². The third kappa shape index (κ3) is 5.08. The van der Waals surface area contributed by atoms with Crippen molar-refractivity contribution in [2.75, 3.05) is 5.32 Å². The molecule has 1 aromatic carbocycles. The van der Waals surface area contributed by atoms with Crippen LogP contribution < -0.4 is 16.4 Å². The molecule has 1 rings (SSSR count). The lowest BCUT2D eigenvalue weighted by Crippen LogP contribution is -2.28. The first-order valence-corrected chi connectivity index (χ1v) is 7.71. The molecular weight excluding hydrogens is 308 g/mol. The molecule has 0 atom stereocenters. The van der Waals surface area contributed by atoms with Gasteiger partial charge in [0.05, 0.1) is 0 Å². The van der Waals surface area contributed by atoms with Crippen molar-refractivity contribution in [3.8, 4) is 6.07 Å². The quantitative estimate of drug-likeness (QED) is 0.448. The number of benzene rings is 1. The maximum atomic E-state index is 11.0. The fourth-order valence-corrected chi connectivity index (χ4v) is 2.27. The molecule has 0 fully saturated rings. The molecule has 0 aliphatic carbocycles. The van der Waals surface area contributed by atoms with E-state index in [2.05, 4.69) is 44.4 Å². The number of nitrogens with zero attached hydrogens (tertiary/aromatic N) is 1. The van der Waals surface area contributed by atoms with E-state index in [1.807, 2.05) is 12.1 Å². The summed E-state index contributed by atoms with van der Waals surface area (Å²) < 4.78 is 0. The van der Waals surface area contributed by atoms with E-state index in [0.29, 0.717) is 5.11 Å². The van der Waals surface area contributed by atoms with Gasteiger partial charge in [-0.1, -0.05) is 45.9 Å². The van der Waals surface area contributed by atoms with Crippen molar-refractivity contribution in [1.82, 2.24) is 5.32 Å². The van der Waals surface area contributed by atoms with Gasteiger partial charge >= 0.3 is 0 Å². The number of para-hydroxylation sites is 1. The summed E-state index contributed by atoms with van der Waals surface area (Å²) in [5.41, 5.74) is 8.07. The Balaban J connectivity index is 3.07. The average Bonchev–Trinajstić information content (AvgIpc) is 2.46. The Kier molecular flexibility index (Phi) is 6.28. The Labute approximate surface area is 142 Å². The zero-order valence-electron chi connectivity index (χ0n) is 13.9. The van der Waals surface area contributed by atoms with Gasteiger partial charge in [-0.25, -0.2) is 0 Å². The highest BCUT2D eigenvalue weighted by Gasteiger charge is 2.20. The molecule has 1 amide bonds. The predicted octanol–water partition coefficient (Wildman–Crippen LogP) is 2.73. The minimum absolute atomic E-state index is 0.0516. The Morgan fingerprint density at radius 1 is 1.43 bits per heavy atom. The molecule has 0 heterocycles. The Morgan fingerprint density at radius 3 is 2.57 bits per heavy atom. The molecular formula is C17H22N4OS. The number of thiocarbonyl (C=S) groups is 1. The van der Waals surface area contributed by atoms with Crippen LogP contribution in [0.3, 0.4) is 0 Å². The monoisotopic (exact) mass is 330 g/mol. The van der Waals surface area contributed by atoms with Gasteiger partial charge < -0.3 is 16.4 Å². The second kappa shape index (κ2) is 7.75. The van der Waals surface area contributed by atoms with Gasteiger partial charge in [-0.3, -0.25) is 4.79 Å². The van der Waals surface area contributed by atoms with Crippen molar-refractivity contribution in [2.24, 2.45) is 5.73 Å². The summed E-state index contributed by atoms with van der Waals surface area (Å²) in [4.78, 5) is 11.0. The molecule has 0 bridgehead atoms. The summed E-state index contributed by atoms with van der Waals surface area (Å²) in [6, 6.07) is 7.85. The number of nitriles is 1. The van der Waals surface area contributed by atoms with Gasteiger partial charge in [-0.2, -0.15) is 5.26 Å². The number of amides is 1. The van der Waals surface area contributed by atoms with Gasteiger partial charge in [0.15, 0.2) is 5.11 Å². The fourth-order valence-electron chi connectivity index (χ4n) is 2.11. The average molecular weight is 330 g/mol. The van der Waals surface area contributed by atoms with E-state index in [-0.39, 0.29) is 11.0 Å². The first-order chi connectivity index (χ1) is 10.7. The Hall–Kier alpha value is -2.39. The molecule has 0 aliphatic heterocycles. The molecule has 0 saturated carbocycles. The number of hydrogen-bond acceptors (Lipinski definition) is 3. The highest BCUT2D eigenvalue weighted by atomic mass is 32.1.